The van der Waals surface area contributed by atoms with E-state index in [0.29, 0.717) is 19.5 Å². The Hall–Kier alpha value is -1.55. The fourth-order valence-corrected chi connectivity index (χ4v) is 3.76. The number of carbonyl (C=O) groups is 2. The zero-order chi connectivity index (χ0) is 16.2. The molecule has 1 saturated heterocycles. The molecule has 1 heterocycles. The van der Waals surface area contributed by atoms with E-state index in [-0.39, 0.29) is 23.8 Å². The van der Waals surface area contributed by atoms with E-state index in [1.165, 1.54) is 0 Å². The minimum Gasteiger partial charge on any atom is -0.351 e. The lowest BCUT2D eigenvalue weighted by Crippen LogP contribution is -2.40. The molecule has 4 nitrogen and oxygen atoms in total. The molecule has 1 saturated carbocycles. The normalized spacial score (nSPS) is 21.9. The molecule has 2 fully saturated rings. The Bertz CT molecular complexity index is 584. The fraction of sp³-hybridized carbons (Fsp3) is 0.556. The van der Waals surface area contributed by atoms with Gasteiger partial charge in [0.05, 0.1) is 6.04 Å². The van der Waals surface area contributed by atoms with Crippen molar-refractivity contribution < 1.29 is 9.59 Å². The van der Waals surface area contributed by atoms with Crippen molar-refractivity contribution in [1.29, 1.82) is 0 Å². The largest absolute Gasteiger partial charge is 0.351 e. The first kappa shape index (κ1) is 16.3. The van der Waals surface area contributed by atoms with Crippen LogP contribution in [0.1, 0.15) is 37.7 Å². The van der Waals surface area contributed by atoms with Crippen molar-refractivity contribution in [2.45, 2.75) is 44.6 Å². The summed E-state index contributed by atoms with van der Waals surface area (Å²) in [6, 6.07) is 7.69. The predicted molar refractivity (Wildman–Crippen MR) is 90.2 cm³/mol. The molecule has 0 unspecified atom stereocenters. The average molecular weight is 335 g/mol. The van der Waals surface area contributed by atoms with E-state index in [0.717, 1.165) is 42.7 Å². The Labute approximate surface area is 142 Å². The van der Waals surface area contributed by atoms with Crippen molar-refractivity contribution in [3.63, 3.8) is 0 Å². The maximum atomic E-state index is 12.2. The lowest BCUT2D eigenvalue weighted by molar-refractivity contribution is -0.127. The number of hydrogen-bond donors (Lipinski definition) is 1. The molecular weight excluding hydrogens is 312 g/mol. The van der Waals surface area contributed by atoms with Crippen LogP contribution in [0.4, 0.5) is 0 Å². The first-order valence-electron chi connectivity index (χ1n) is 8.44. The summed E-state index contributed by atoms with van der Waals surface area (Å²) in [5.41, 5.74) is 1.13. The third-order valence-corrected chi connectivity index (χ3v) is 5.08. The molecule has 0 radical (unpaired) electrons. The van der Waals surface area contributed by atoms with Crippen LogP contribution >= 0.6 is 11.6 Å². The van der Waals surface area contributed by atoms with Crippen LogP contribution in [0.2, 0.25) is 5.02 Å². The van der Waals surface area contributed by atoms with Crippen LogP contribution in [0.3, 0.4) is 0 Å². The maximum absolute atomic E-state index is 12.2. The van der Waals surface area contributed by atoms with Gasteiger partial charge in [-0.3, -0.25) is 9.59 Å². The third-order valence-electron chi connectivity index (χ3n) is 4.85. The molecule has 2 amide bonds. The highest BCUT2D eigenvalue weighted by Crippen LogP contribution is 2.25. The molecule has 1 aromatic carbocycles. The number of nitrogens with one attached hydrogen (secondary N) is 1. The minimum absolute atomic E-state index is 0.0324. The van der Waals surface area contributed by atoms with Gasteiger partial charge in [0.2, 0.25) is 11.8 Å². The number of halogens is 1. The molecule has 1 atom stereocenters. The van der Waals surface area contributed by atoms with Gasteiger partial charge in [0, 0.05) is 30.5 Å². The van der Waals surface area contributed by atoms with Gasteiger partial charge < -0.3 is 10.2 Å². The first-order chi connectivity index (χ1) is 11.1. The second-order valence-electron chi connectivity index (χ2n) is 6.61. The van der Waals surface area contributed by atoms with Gasteiger partial charge in [0.15, 0.2) is 0 Å². The Kier molecular flexibility index (Phi) is 5.21. The van der Waals surface area contributed by atoms with Gasteiger partial charge in [-0.1, -0.05) is 36.6 Å². The summed E-state index contributed by atoms with van der Waals surface area (Å²) in [5, 5.41) is 3.79. The Balaban J connectivity index is 1.48. The number of rotatable bonds is 5. The molecule has 124 valence electrons. The number of nitrogens with zero attached hydrogens (tertiary/aromatic N) is 1. The van der Waals surface area contributed by atoms with Crippen molar-refractivity contribution in [3.05, 3.63) is 34.9 Å². The number of benzene rings is 1. The van der Waals surface area contributed by atoms with E-state index in [9.17, 15) is 9.59 Å². The molecule has 1 N–H and O–H groups in total. The topological polar surface area (TPSA) is 49.4 Å². The van der Waals surface area contributed by atoms with Gasteiger partial charge in [0.1, 0.15) is 0 Å². The lowest BCUT2D eigenvalue weighted by Gasteiger charge is -2.18. The highest BCUT2D eigenvalue weighted by atomic mass is 35.5. The van der Waals surface area contributed by atoms with Crippen molar-refractivity contribution in [1.82, 2.24) is 10.2 Å². The summed E-state index contributed by atoms with van der Waals surface area (Å²) in [6.45, 7) is 1.30. The predicted octanol–water partition coefficient (Wildman–Crippen LogP) is 2.79. The van der Waals surface area contributed by atoms with Crippen molar-refractivity contribution in [3.8, 4) is 0 Å². The van der Waals surface area contributed by atoms with E-state index in [2.05, 4.69) is 5.32 Å². The molecule has 1 aliphatic carbocycles. The van der Waals surface area contributed by atoms with Crippen LogP contribution in [-0.4, -0.2) is 35.8 Å². The molecule has 23 heavy (non-hydrogen) atoms. The fourth-order valence-electron chi connectivity index (χ4n) is 3.55. The highest BCUT2D eigenvalue weighted by Gasteiger charge is 2.32. The summed E-state index contributed by atoms with van der Waals surface area (Å²) in [6.07, 6.45) is 5.49. The molecule has 2 aliphatic rings. The van der Waals surface area contributed by atoms with Gasteiger partial charge in [-0.15, -0.1) is 0 Å². The number of hydrogen-bond acceptors (Lipinski definition) is 2. The smallest absolute Gasteiger partial charge is 0.224 e. The second-order valence-corrected chi connectivity index (χ2v) is 7.05. The summed E-state index contributed by atoms with van der Waals surface area (Å²) < 4.78 is 0. The maximum Gasteiger partial charge on any atom is 0.224 e. The Morgan fingerprint density at radius 1 is 1.30 bits per heavy atom. The lowest BCUT2D eigenvalue weighted by atomic mass is 10.1. The van der Waals surface area contributed by atoms with Crippen molar-refractivity contribution in [2.24, 2.45) is 5.92 Å². The standard InChI is InChI=1S/C18H23ClN2O2/c19-15-7-3-4-13(10-15)8-9-21-12-16(11-17(21)22)20-18(23)14-5-1-2-6-14/h3-4,7,10,14,16H,1-2,5-6,8-9,11-12H2,(H,20,23)/t16-/m1/s1. The molecule has 1 aliphatic heterocycles. The molecule has 0 bridgehead atoms. The van der Waals surface area contributed by atoms with Crippen molar-refractivity contribution >= 4 is 23.4 Å². The molecular formula is C18H23ClN2O2. The van der Waals surface area contributed by atoms with Gasteiger partial charge in [-0.05, 0) is 37.0 Å². The van der Waals surface area contributed by atoms with E-state index >= 15 is 0 Å². The minimum atomic E-state index is -0.0324. The monoisotopic (exact) mass is 334 g/mol. The molecule has 0 aromatic heterocycles. The van der Waals surface area contributed by atoms with Crippen LogP contribution in [0.5, 0.6) is 0 Å². The molecule has 5 heteroatoms. The zero-order valence-corrected chi connectivity index (χ0v) is 14.0. The van der Waals surface area contributed by atoms with Crippen molar-refractivity contribution in [2.75, 3.05) is 13.1 Å². The summed E-state index contributed by atoms with van der Waals surface area (Å²) >= 11 is 5.98. The zero-order valence-electron chi connectivity index (χ0n) is 13.3. The van der Waals surface area contributed by atoms with Crippen LogP contribution < -0.4 is 5.32 Å². The van der Waals surface area contributed by atoms with E-state index in [1.807, 2.05) is 29.2 Å². The molecule has 1 aromatic rings. The third kappa shape index (κ3) is 4.25. The highest BCUT2D eigenvalue weighted by molar-refractivity contribution is 6.30. The summed E-state index contributed by atoms with van der Waals surface area (Å²) in [5.74, 6) is 0.423. The van der Waals surface area contributed by atoms with E-state index < -0.39 is 0 Å². The number of likely N-dealkylation sites (tertiary alicyclic amines) is 1. The van der Waals surface area contributed by atoms with Gasteiger partial charge in [-0.25, -0.2) is 0 Å². The quantitative estimate of drug-likeness (QED) is 0.900. The number of amides is 2. The van der Waals surface area contributed by atoms with E-state index in [1.54, 1.807) is 0 Å². The van der Waals surface area contributed by atoms with Gasteiger partial charge in [-0.2, -0.15) is 0 Å². The molecule has 0 spiro atoms. The van der Waals surface area contributed by atoms with E-state index in [4.69, 9.17) is 11.6 Å². The number of carbonyl (C=O) groups excluding carboxylic acids is 2. The van der Waals surface area contributed by atoms with Crippen LogP contribution in [0.25, 0.3) is 0 Å². The second kappa shape index (κ2) is 7.35. The molecule has 3 rings (SSSR count). The summed E-state index contributed by atoms with van der Waals surface area (Å²) in [7, 11) is 0. The van der Waals surface area contributed by atoms with Crippen LogP contribution in [0.15, 0.2) is 24.3 Å². The average Bonchev–Trinajstić information content (AvgIpc) is 3.15. The SMILES string of the molecule is O=C(N[C@@H]1CC(=O)N(CCc2cccc(Cl)c2)C1)C1CCCC1. The van der Waals surface area contributed by atoms with Gasteiger partial charge >= 0.3 is 0 Å². The van der Waals surface area contributed by atoms with Gasteiger partial charge in [0.25, 0.3) is 0 Å². The summed E-state index contributed by atoms with van der Waals surface area (Å²) in [4.78, 5) is 26.1. The van der Waals surface area contributed by atoms with Crippen LogP contribution in [0, 0.1) is 5.92 Å². The Morgan fingerprint density at radius 3 is 2.83 bits per heavy atom. The first-order valence-corrected chi connectivity index (χ1v) is 8.82. The Morgan fingerprint density at radius 2 is 2.09 bits per heavy atom. The van der Waals surface area contributed by atoms with Crippen LogP contribution in [-0.2, 0) is 16.0 Å².